The number of hydrogen-bond donors (Lipinski definition) is 2. The highest BCUT2D eigenvalue weighted by Crippen LogP contribution is 2.20. The van der Waals surface area contributed by atoms with Crippen LogP contribution in [0, 0.1) is 19.8 Å². The van der Waals surface area contributed by atoms with Gasteiger partial charge in [-0.05, 0) is 49.8 Å². The van der Waals surface area contributed by atoms with E-state index in [1.807, 2.05) is 36.9 Å². The molecule has 0 atom stereocenters. The number of likely N-dealkylation sites (tertiary alicyclic amines) is 1. The molecule has 0 unspecified atom stereocenters. The number of urea groups is 1. The predicted molar refractivity (Wildman–Crippen MR) is 76.3 cm³/mol. The molecule has 19 heavy (non-hydrogen) atoms. The van der Waals surface area contributed by atoms with Crippen LogP contribution >= 0.6 is 0 Å². The van der Waals surface area contributed by atoms with Crippen LogP contribution < -0.4 is 5.32 Å². The maximum Gasteiger partial charge on any atom is 0.321 e. The Bertz CT molecular complexity index is 451. The van der Waals surface area contributed by atoms with Crippen molar-refractivity contribution >= 4 is 11.7 Å². The van der Waals surface area contributed by atoms with Crippen molar-refractivity contribution in [1.82, 2.24) is 4.90 Å². The summed E-state index contributed by atoms with van der Waals surface area (Å²) in [5.41, 5.74) is 3.10. The van der Waals surface area contributed by atoms with E-state index in [4.69, 9.17) is 5.11 Å². The van der Waals surface area contributed by atoms with Crippen molar-refractivity contribution in [3.8, 4) is 0 Å². The van der Waals surface area contributed by atoms with Gasteiger partial charge >= 0.3 is 6.03 Å². The van der Waals surface area contributed by atoms with Gasteiger partial charge in [-0.2, -0.15) is 0 Å². The Kier molecular flexibility index (Phi) is 4.43. The lowest BCUT2D eigenvalue weighted by atomic mass is 9.98. The minimum Gasteiger partial charge on any atom is -0.396 e. The van der Waals surface area contributed by atoms with Gasteiger partial charge in [0.05, 0.1) is 0 Å². The van der Waals surface area contributed by atoms with Crippen LogP contribution in [0.25, 0.3) is 0 Å². The highest BCUT2D eigenvalue weighted by molar-refractivity contribution is 5.90. The number of piperidine rings is 1. The smallest absolute Gasteiger partial charge is 0.321 e. The Balaban J connectivity index is 1.96. The molecule has 0 saturated carbocycles. The fraction of sp³-hybridized carbons (Fsp3) is 0.533. The summed E-state index contributed by atoms with van der Waals surface area (Å²) in [6.07, 6.45) is 1.77. The summed E-state index contributed by atoms with van der Waals surface area (Å²) in [5, 5.41) is 12.1. The number of benzene rings is 1. The van der Waals surface area contributed by atoms with Gasteiger partial charge in [-0.3, -0.25) is 0 Å². The SMILES string of the molecule is Cc1ccc(C)c(NC(=O)N2CCC(CO)CC2)c1. The monoisotopic (exact) mass is 262 g/mol. The fourth-order valence-electron chi connectivity index (χ4n) is 2.38. The van der Waals surface area contributed by atoms with E-state index in [-0.39, 0.29) is 12.6 Å². The average molecular weight is 262 g/mol. The molecule has 1 aromatic carbocycles. The molecule has 1 heterocycles. The number of aryl methyl sites for hydroxylation is 2. The third kappa shape index (κ3) is 3.47. The normalized spacial score (nSPS) is 16.5. The Morgan fingerprint density at radius 2 is 2.05 bits per heavy atom. The number of aliphatic hydroxyl groups is 1. The van der Waals surface area contributed by atoms with Crippen molar-refractivity contribution in [2.45, 2.75) is 26.7 Å². The van der Waals surface area contributed by atoms with Gasteiger partial charge in [-0.25, -0.2) is 4.79 Å². The Labute approximate surface area is 114 Å². The zero-order valence-corrected chi connectivity index (χ0v) is 11.6. The summed E-state index contributed by atoms with van der Waals surface area (Å²) in [4.78, 5) is 14.0. The minimum atomic E-state index is -0.0370. The maximum atomic E-state index is 12.2. The zero-order valence-electron chi connectivity index (χ0n) is 11.6. The molecule has 1 fully saturated rings. The van der Waals surface area contributed by atoms with E-state index in [1.54, 1.807) is 0 Å². The molecule has 0 spiro atoms. The van der Waals surface area contributed by atoms with Crippen LogP contribution in [-0.2, 0) is 0 Å². The molecule has 0 radical (unpaired) electrons. The lowest BCUT2D eigenvalue weighted by molar-refractivity contribution is 0.143. The highest BCUT2D eigenvalue weighted by atomic mass is 16.3. The largest absolute Gasteiger partial charge is 0.396 e. The van der Waals surface area contributed by atoms with Crippen LogP contribution in [0.2, 0.25) is 0 Å². The second-order valence-electron chi connectivity index (χ2n) is 5.36. The van der Waals surface area contributed by atoms with Gasteiger partial charge in [0.2, 0.25) is 0 Å². The lowest BCUT2D eigenvalue weighted by Crippen LogP contribution is -2.41. The van der Waals surface area contributed by atoms with Crippen LogP contribution in [0.5, 0.6) is 0 Å². The number of nitrogens with zero attached hydrogens (tertiary/aromatic N) is 1. The molecule has 4 nitrogen and oxygen atoms in total. The van der Waals surface area contributed by atoms with Gasteiger partial charge in [0.1, 0.15) is 0 Å². The third-order valence-electron chi connectivity index (χ3n) is 3.79. The number of anilines is 1. The van der Waals surface area contributed by atoms with Crippen molar-refractivity contribution in [3.63, 3.8) is 0 Å². The Morgan fingerprint density at radius 1 is 1.37 bits per heavy atom. The number of amides is 2. The van der Waals surface area contributed by atoms with Gasteiger partial charge in [-0.1, -0.05) is 12.1 Å². The molecule has 2 amide bonds. The summed E-state index contributed by atoms with van der Waals surface area (Å²) in [7, 11) is 0. The van der Waals surface area contributed by atoms with Gasteiger partial charge in [-0.15, -0.1) is 0 Å². The second kappa shape index (κ2) is 6.06. The van der Waals surface area contributed by atoms with E-state index in [9.17, 15) is 4.79 Å². The first-order chi connectivity index (χ1) is 9.10. The Hall–Kier alpha value is -1.55. The number of nitrogens with one attached hydrogen (secondary N) is 1. The minimum absolute atomic E-state index is 0.0370. The molecule has 1 aliphatic rings. The van der Waals surface area contributed by atoms with E-state index in [0.717, 1.165) is 42.7 Å². The van der Waals surface area contributed by atoms with Crippen molar-refractivity contribution in [2.75, 3.05) is 25.0 Å². The summed E-state index contributed by atoms with van der Waals surface area (Å²) >= 11 is 0. The number of hydrogen-bond acceptors (Lipinski definition) is 2. The summed E-state index contributed by atoms with van der Waals surface area (Å²) in [6, 6.07) is 6.01. The van der Waals surface area contributed by atoms with Crippen molar-refractivity contribution in [2.24, 2.45) is 5.92 Å². The van der Waals surface area contributed by atoms with Crippen LogP contribution in [0.4, 0.5) is 10.5 Å². The predicted octanol–water partition coefficient (Wildman–Crippen LogP) is 2.54. The van der Waals surface area contributed by atoms with Crippen LogP contribution in [0.15, 0.2) is 18.2 Å². The topological polar surface area (TPSA) is 52.6 Å². The summed E-state index contributed by atoms with van der Waals surface area (Å²) in [6.45, 7) is 5.69. The molecular formula is C15H22N2O2. The molecule has 0 aliphatic carbocycles. The number of aliphatic hydroxyl groups excluding tert-OH is 1. The van der Waals surface area contributed by atoms with Crippen LogP contribution in [-0.4, -0.2) is 35.7 Å². The first-order valence-electron chi connectivity index (χ1n) is 6.84. The first-order valence-corrected chi connectivity index (χ1v) is 6.84. The molecule has 1 aromatic rings. The highest BCUT2D eigenvalue weighted by Gasteiger charge is 2.22. The number of carbonyl (C=O) groups is 1. The van der Waals surface area contributed by atoms with Gasteiger partial charge in [0, 0.05) is 25.4 Å². The second-order valence-corrected chi connectivity index (χ2v) is 5.36. The quantitative estimate of drug-likeness (QED) is 0.860. The molecular weight excluding hydrogens is 240 g/mol. The molecule has 0 aromatic heterocycles. The van der Waals surface area contributed by atoms with Crippen molar-refractivity contribution in [1.29, 1.82) is 0 Å². The molecule has 0 bridgehead atoms. The third-order valence-corrected chi connectivity index (χ3v) is 3.79. The van der Waals surface area contributed by atoms with E-state index >= 15 is 0 Å². The summed E-state index contributed by atoms with van der Waals surface area (Å²) in [5.74, 6) is 0.352. The molecule has 4 heteroatoms. The lowest BCUT2D eigenvalue weighted by Gasteiger charge is -2.31. The molecule has 104 valence electrons. The van der Waals surface area contributed by atoms with Crippen LogP contribution in [0.3, 0.4) is 0 Å². The fourth-order valence-corrected chi connectivity index (χ4v) is 2.38. The molecule has 2 N–H and O–H groups in total. The van der Waals surface area contributed by atoms with Gasteiger partial charge in [0.25, 0.3) is 0 Å². The number of rotatable bonds is 2. The Morgan fingerprint density at radius 3 is 2.68 bits per heavy atom. The first kappa shape index (κ1) is 13.9. The molecule has 2 rings (SSSR count). The molecule has 1 saturated heterocycles. The summed E-state index contributed by atoms with van der Waals surface area (Å²) < 4.78 is 0. The standard InChI is InChI=1S/C15H22N2O2/c1-11-3-4-12(2)14(9-11)16-15(19)17-7-5-13(10-18)6-8-17/h3-4,9,13,18H,5-8,10H2,1-2H3,(H,16,19). The number of carbonyl (C=O) groups excluding carboxylic acids is 1. The van der Waals surface area contributed by atoms with E-state index in [2.05, 4.69) is 5.32 Å². The average Bonchev–Trinajstić information content (AvgIpc) is 2.43. The van der Waals surface area contributed by atoms with Crippen molar-refractivity contribution < 1.29 is 9.90 Å². The van der Waals surface area contributed by atoms with Crippen LogP contribution in [0.1, 0.15) is 24.0 Å². The van der Waals surface area contributed by atoms with Crippen molar-refractivity contribution in [3.05, 3.63) is 29.3 Å². The maximum absolute atomic E-state index is 12.2. The van der Waals surface area contributed by atoms with Gasteiger partial charge < -0.3 is 15.3 Å². The molecule has 1 aliphatic heterocycles. The van der Waals surface area contributed by atoms with E-state index in [1.165, 1.54) is 0 Å². The van der Waals surface area contributed by atoms with E-state index < -0.39 is 0 Å². The zero-order chi connectivity index (χ0) is 13.8. The van der Waals surface area contributed by atoms with Gasteiger partial charge in [0.15, 0.2) is 0 Å². The van der Waals surface area contributed by atoms with E-state index in [0.29, 0.717) is 5.92 Å².